The number of piperazine rings is 1. The monoisotopic (exact) mass is 273 g/mol. The Labute approximate surface area is 122 Å². The SMILES string of the molecule is C1=CC[C@H](C[NH+]2CC[NH+](Cc3ccccn3)CC2)CC1. The molecule has 0 amide bonds. The number of nitrogens with zero attached hydrogens (tertiary/aromatic N) is 1. The number of rotatable bonds is 4. The largest absolute Gasteiger partial charge is 0.325 e. The van der Waals surface area contributed by atoms with Gasteiger partial charge < -0.3 is 9.80 Å². The highest BCUT2D eigenvalue weighted by atomic mass is 15.3. The predicted octanol–water partition coefficient (Wildman–Crippen LogP) is -0.279. The Morgan fingerprint density at radius 1 is 1.05 bits per heavy atom. The Balaban J connectivity index is 1.41. The first-order valence-electron chi connectivity index (χ1n) is 8.12. The van der Waals surface area contributed by atoms with E-state index in [0.29, 0.717) is 0 Å². The Hall–Kier alpha value is -1.19. The summed E-state index contributed by atoms with van der Waals surface area (Å²) in [6.07, 6.45) is 10.7. The molecule has 0 unspecified atom stereocenters. The molecule has 2 N–H and O–H groups in total. The number of hydrogen-bond acceptors (Lipinski definition) is 1. The molecule has 1 fully saturated rings. The van der Waals surface area contributed by atoms with Gasteiger partial charge in [0.1, 0.15) is 32.7 Å². The highest BCUT2D eigenvalue weighted by Gasteiger charge is 2.25. The maximum absolute atomic E-state index is 4.45. The van der Waals surface area contributed by atoms with E-state index in [4.69, 9.17) is 0 Å². The lowest BCUT2D eigenvalue weighted by Gasteiger charge is -2.32. The van der Waals surface area contributed by atoms with E-state index in [1.807, 2.05) is 17.2 Å². The average Bonchev–Trinajstić information content (AvgIpc) is 2.51. The van der Waals surface area contributed by atoms with Crippen LogP contribution in [-0.4, -0.2) is 37.7 Å². The molecular formula is C17H27N3+2. The molecule has 3 nitrogen and oxygen atoms in total. The van der Waals surface area contributed by atoms with E-state index in [0.717, 1.165) is 12.5 Å². The summed E-state index contributed by atoms with van der Waals surface area (Å²) in [7, 11) is 0. The smallest absolute Gasteiger partial charge is 0.127 e. The van der Waals surface area contributed by atoms with Crippen LogP contribution in [0.3, 0.4) is 0 Å². The third-order valence-corrected chi connectivity index (χ3v) is 4.78. The first-order chi connectivity index (χ1) is 9.90. The molecule has 0 bridgehead atoms. The van der Waals surface area contributed by atoms with Crippen LogP contribution in [0.25, 0.3) is 0 Å². The van der Waals surface area contributed by atoms with Crippen molar-refractivity contribution in [3.63, 3.8) is 0 Å². The van der Waals surface area contributed by atoms with E-state index < -0.39 is 0 Å². The second-order valence-electron chi connectivity index (χ2n) is 6.35. The maximum Gasteiger partial charge on any atom is 0.127 e. The zero-order chi connectivity index (χ0) is 13.6. The molecule has 0 spiro atoms. The first kappa shape index (κ1) is 13.8. The van der Waals surface area contributed by atoms with Gasteiger partial charge in [0, 0.05) is 12.1 Å². The molecule has 0 radical (unpaired) electrons. The van der Waals surface area contributed by atoms with Crippen LogP contribution in [0.2, 0.25) is 0 Å². The average molecular weight is 273 g/mol. The first-order valence-corrected chi connectivity index (χ1v) is 8.12. The summed E-state index contributed by atoms with van der Waals surface area (Å²) in [6, 6.07) is 6.25. The number of quaternary nitrogens is 2. The molecule has 2 heterocycles. The summed E-state index contributed by atoms with van der Waals surface area (Å²) in [5.41, 5.74) is 1.24. The number of pyridine rings is 1. The van der Waals surface area contributed by atoms with E-state index in [9.17, 15) is 0 Å². The molecule has 2 aliphatic rings. The third-order valence-electron chi connectivity index (χ3n) is 4.78. The van der Waals surface area contributed by atoms with Gasteiger partial charge in [0.15, 0.2) is 0 Å². The Morgan fingerprint density at radius 3 is 2.60 bits per heavy atom. The lowest BCUT2D eigenvalue weighted by atomic mass is 9.94. The molecule has 0 aromatic carbocycles. The fourth-order valence-corrected chi connectivity index (χ4v) is 3.55. The summed E-state index contributed by atoms with van der Waals surface area (Å²) in [4.78, 5) is 7.98. The minimum Gasteiger partial charge on any atom is -0.325 e. The zero-order valence-corrected chi connectivity index (χ0v) is 12.4. The van der Waals surface area contributed by atoms with E-state index >= 15 is 0 Å². The topological polar surface area (TPSA) is 21.8 Å². The van der Waals surface area contributed by atoms with Crippen molar-refractivity contribution < 1.29 is 9.80 Å². The van der Waals surface area contributed by atoms with Crippen LogP contribution < -0.4 is 9.80 Å². The van der Waals surface area contributed by atoms with Gasteiger partial charge >= 0.3 is 0 Å². The van der Waals surface area contributed by atoms with Crippen molar-refractivity contribution in [3.05, 3.63) is 42.2 Å². The summed E-state index contributed by atoms with van der Waals surface area (Å²) < 4.78 is 0. The summed E-state index contributed by atoms with van der Waals surface area (Å²) in [5.74, 6) is 0.937. The molecule has 1 saturated heterocycles. The van der Waals surface area contributed by atoms with Crippen LogP contribution in [-0.2, 0) is 6.54 Å². The van der Waals surface area contributed by atoms with Crippen LogP contribution in [0.5, 0.6) is 0 Å². The molecule has 3 heteroatoms. The lowest BCUT2D eigenvalue weighted by molar-refractivity contribution is -1.02. The lowest BCUT2D eigenvalue weighted by Crippen LogP contribution is -3.27. The van der Waals surface area contributed by atoms with Gasteiger partial charge in [-0.05, 0) is 31.4 Å². The fourth-order valence-electron chi connectivity index (χ4n) is 3.55. The van der Waals surface area contributed by atoms with Crippen molar-refractivity contribution >= 4 is 0 Å². The molecule has 1 atom stereocenters. The van der Waals surface area contributed by atoms with Crippen LogP contribution in [0, 0.1) is 5.92 Å². The zero-order valence-electron chi connectivity index (χ0n) is 12.4. The molecule has 3 rings (SSSR count). The molecule has 20 heavy (non-hydrogen) atoms. The van der Waals surface area contributed by atoms with Gasteiger partial charge in [0.05, 0.1) is 12.2 Å². The summed E-state index contributed by atoms with van der Waals surface area (Å²) in [6.45, 7) is 7.76. The second kappa shape index (κ2) is 7.00. The molecule has 1 aromatic rings. The van der Waals surface area contributed by atoms with Crippen LogP contribution in [0.4, 0.5) is 0 Å². The van der Waals surface area contributed by atoms with Gasteiger partial charge in [0.2, 0.25) is 0 Å². The summed E-state index contributed by atoms with van der Waals surface area (Å²) in [5, 5.41) is 0. The minimum absolute atomic E-state index is 0.937. The van der Waals surface area contributed by atoms with E-state index in [2.05, 4.69) is 29.3 Å². The highest BCUT2D eigenvalue weighted by Crippen LogP contribution is 2.15. The van der Waals surface area contributed by atoms with E-state index in [-0.39, 0.29) is 0 Å². The van der Waals surface area contributed by atoms with Gasteiger partial charge in [-0.2, -0.15) is 0 Å². The van der Waals surface area contributed by atoms with Crippen molar-refractivity contribution in [2.45, 2.75) is 25.8 Å². The van der Waals surface area contributed by atoms with Crippen LogP contribution >= 0.6 is 0 Å². The van der Waals surface area contributed by atoms with Gasteiger partial charge in [0.25, 0.3) is 0 Å². The van der Waals surface area contributed by atoms with Crippen LogP contribution in [0.1, 0.15) is 25.0 Å². The van der Waals surface area contributed by atoms with Crippen molar-refractivity contribution in [2.24, 2.45) is 5.92 Å². The van der Waals surface area contributed by atoms with E-state index in [1.54, 1.807) is 4.90 Å². The summed E-state index contributed by atoms with van der Waals surface area (Å²) >= 11 is 0. The maximum atomic E-state index is 4.45. The highest BCUT2D eigenvalue weighted by molar-refractivity contribution is 5.01. The predicted molar refractivity (Wildman–Crippen MR) is 80.7 cm³/mol. The quantitative estimate of drug-likeness (QED) is 0.724. The Morgan fingerprint density at radius 2 is 1.90 bits per heavy atom. The van der Waals surface area contributed by atoms with Crippen LogP contribution in [0.15, 0.2) is 36.5 Å². The number of aromatic nitrogens is 1. The van der Waals surface area contributed by atoms with E-state index in [1.165, 1.54) is 57.7 Å². The van der Waals surface area contributed by atoms with Gasteiger partial charge in [-0.3, -0.25) is 4.98 Å². The Kier molecular flexibility index (Phi) is 4.82. The molecular weight excluding hydrogens is 246 g/mol. The fraction of sp³-hybridized carbons (Fsp3) is 0.588. The molecule has 0 saturated carbocycles. The van der Waals surface area contributed by atoms with Gasteiger partial charge in [-0.1, -0.05) is 18.2 Å². The van der Waals surface area contributed by atoms with Crippen molar-refractivity contribution in [1.29, 1.82) is 0 Å². The van der Waals surface area contributed by atoms with Crippen molar-refractivity contribution in [1.82, 2.24) is 4.98 Å². The van der Waals surface area contributed by atoms with Crippen molar-refractivity contribution in [2.75, 3.05) is 32.7 Å². The molecule has 108 valence electrons. The normalized spacial score (nSPS) is 30.3. The van der Waals surface area contributed by atoms with Crippen molar-refractivity contribution in [3.8, 4) is 0 Å². The number of nitrogens with one attached hydrogen (secondary N) is 2. The molecule has 1 aliphatic carbocycles. The minimum atomic E-state index is 0.937. The number of hydrogen-bond donors (Lipinski definition) is 2. The Bertz CT molecular complexity index is 421. The van der Waals surface area contributed by atoms with Gasteiger partial charge in [-0.15, -0.1) is 0 Å². The molecule has 1 aliphatic heterocycles. The number of allylic oxidation sites excluding steroid dienone is 2. The third kappa shape index (κ3) is 3.90. The standard InChI is InChI=1S/C17H25N3/c1-2-6-16(7-3-1)14-19-10-12-20(13-11-19)15-17-8-4-5-9-18-17/h1-2,4-5,8-9,16H,3,6-7,10-15H2/p+2/t16-/m0/s1. The second-order valence-corrected chi connectivity index (χ2v) is 6.35. The van der Waals surface area contributed by atoms with Gasteiger partial charge in [-0.25, -0.2) is 0 Å². The molecule has 1 aromatic heterocycles.